The number of hydrogen-bond donors (Lipinski definition) is 0. The van der Waals surface area contributed by atoms with E-state index in [1.165, 1.54) is 32.4 Å². The molecule has 0 spiro atoms. The summed E-state index contributed by atoms with van der Waals surface area (Å²) < 4.78 is 9.24. The summed E-state index contributed by atoms with van der Waals surface area (Å²) in [4.78, 5) is 20.4. The molecule has 0 aliphatic rings. The fraction of sp³-hybridized carbons (Fsp3) is 0.250. The van der Waals surface area contributed by atoms with Gasteiger partial charge in [-0.2, -0.15) is 0 Å². The van der Waals surface area contributed by atoms with Crippen molar-refractivity contribution >= 4 is 12.3 Å². The van der Waals surface area contributed by atoms with Crippen LogP contribution in [0.1, 0.15) is 6.92 Å². The van der Waals surface area contributed by atoms with Gasteiger partial charge in [0.25, 0.3) is 0 Å². The van der Waals surface area contributed by atoms with Gasteiger partial charge in [-0.25, -0.2) is 0 Å². The fourth-order valence-electron chi connectivity index (χ4n) is 0.514. The van der Waals surface area contributed by atoms with E-state index in [4.69, 9.17) is 0 Å². The summed E-state index contributed by atoms with van der Waals surface area (Å²) in [6.07, 6.45) is 4.33. The normalized spacial score (nSPS) is 11.3. The topological polar surface area (TPSA) is 52.6 Å². The highest BCUT2D eigenvalue weighted by atomic mass is 16.5. The van der Waals surface area contributed by atoms with Crippen molar-refractivity contribution in [1.82, 2.24) is 0 Å². The third-order valence-corrected chi connectivity index (χ3v) is 0.835. The van der Waals surface area contributed by atoms with Crippen LogP contribution in [0.4, 0.5) is 0 Å². The number of allylic oxidation sites excluding steroid dienone is 2. The minimum absolute atomic E-state index is 0.192. The first-order chi connectivity index (χ1) is 5.70. The predicted molar refractivity (Wildman–Crippen MR) is 42.1 cm³/mol. The van der Waals surface area contributed by atoms with Crippen LogP contribution in [0, 0.1) is 0 Å². The molecule has 0 rings (SSSR count). The van der Waals surface area contributed by atoms with Gasteiger partial charge < -0.3 is 9.47 Å². The summed E-state index contributed by atoms with van der Waals surface area (Å²) >= 11 is 0. The highest BCUT2D eigenvalue weighted by Gasteiger charge is 1.96. The van der Waals surface area contributed by atoms with Crippen molar-refractivity contribution in [1.29, 1.82) is 0 Å². The number of ether oxygens (including phenoxy) is 2. The van der Waals surface area contributed by atoms with Crippen LogP contribution in [0.3, 0.4) is 0 Å². The second kappa shape index (κ2) is 6.15. The average Bonchev–Trinajstić information content (AvgIpc) is 2.00. The zero-order chi connectivity index (χ0) is 9.40. The van der Waals surface area contributed by atoms with Crippen molar-refractivity contribution in [3.63, 3.8) is 0 Å². The molecular formula is C8H10O4. The molecule has 0 aliphatic carbocycles. The van der Waals surface area contributed by atoms with Crippen LogP contribution in [-0.4, -0.2) is 19.4 Å². The first kappa shape index (κ1) is 10.4. The average molecular weight is 170 g/mol. The second-order valence-electron chi connectivity index (χ2n) is 1.84. The Bertz CT molecular complexity index is 215. The summed E-state index contributed by atoms with van der Waals surface area (Å²) in [5, 5.41) is 0. The Morgan fingerprint density at radius 2 is 2.08 bits per heavy atom. The molecule has 0 aromatic heterocycles. The van der Waals surface area contributed by atoms with Crippen molar-refractivity contribution in [3.05, 3.63) is 24.2 Å². The van der Waals surface area contributed by atoms with Crippen molar-refractivity contribution in [2.75, 3.05) is 7.11 Å². The minimum atomic E-state index is -0.464. The lowest BCUT2D eigenvalue weighted by atomic mass is 10.4. The van der Waals surface area contributed by atoms with Crippen LogP contribution in [0.2, 0.25) is 0 Å². The molecule has 0 heterocycles. The molecule has 0 amide bonds. The van der Waals surface area contributed by atoms with Crippen molar-refractivity contribution in [2.45, 2.75) is 6.92 Å². The molecule has 0 aliphatic heterocycles. The number of rotatable bonds is 4. The van der Waals surface area contributed by atoms with Crippen LogP contribution in [0.5, 0.6) is 0 Å². The van der Waals surface area contributed by atoms with Crippen LogP contribution >= 0.6 is 0 Å². The third-order valence-electron chi connectivity index (χ3n) is 0.835. The van der Waals surface area contributed by atoms with Gasteiger partial charge in [0.05, 0.1) is 7.11 Å². The van der Waals surface area contributed by atoms with E-state index in [0.29, 0.717) is 6.29 Å². The lowest BCUT2D eigenvalue weighted by Crippen LogP contribution is -1.97. The number of aldehydes is 1. The molecule has 0 aromatic rings. The van der Waals surface area contributed by atoms with Gasteiger partial charge in [-0.05, 0) is 12.2 Å². The van der Waals surface area contributed by atoms with Crippen LogP contribution in [-0.2, 0) is 19.1 Å². The van der Waals surface area contributed by atoms with Gasteiger partial charge in [0, 0.05) is 6.92 Å². The number of methoxy groups -OCH3 is 1. The van der Waals surface area contributed by atoms with Gasteiger partial charge in [0.1, 0.15) is 12.5 Å². The largest absolute Gasteiger partial charge is 0.500 e. The number of hydrogen-bond acceptors (Lipinski definition) is 4. The van der Waals surface area contributed by atoms with Crippen LogP contribution in [0.25, 0.3) is 0 Å². The van der Waals surface area contributed by atoms with E-state index in [-0.39, 0.29) is 5.76 Å². The van der Waals surface area contributed by atoms with Gasteiger partial charge in [-0.1, -0.05) is 0 Å². The first-order valence-electron chi connectivity index (χ1n) is 3.24. The zero-order valence-electron chi connectivity index (χ0n) is 6.94. The lowest BCUT2D eigenvalue weighted by Gasteiger charge is -1.99. The molecule has 4 heteroatoms. The van der Waals surface area contributed by atoms with E-state index < -0.39 is 5.97 Å². The molecular weight excluding hydrogens is 160 g/mol. The molecule has 0 bridgehead atoms. The molecule has 0 saturated heterocycles. The molecule has 66 valence electrons. The Hall–Kier alpha value is -1.58. The van der Waals surface area contributed by atoms with Crippen molar-refractivity contribution in [2.24, 2.45) is 0 Å². The van der Waals surface area contributed by atoms with E-state index in [1.54, 1.807) is 0 Å². The predicted octanol–water partition coefficient (Wildman–Crippen LogP) is 0.792. The number of carbonyl (C=O) groups excluding carboxylic acids is 2. The van der Waals surface area contributed by atoms with Gasteiger partial charge in [-0.15, -0.1) is 0 Å². The first-order valence-corrected chi connectivity index (χ1v) is 3.24. The van der Waals surface area contributed by atoms with Crippen LogP contribution < -0.4 is 0 Å². The maximum Gasteiger partial charge on any atom is 0.308 e. The summed E-state index contributed by atoms with van der Waals surface area (Å²) in [6, 6.07) is 0. The van der Waals surface area contributed by atoms with E-state index >= 15 is 0 Å². The van der Waals surface area contributed by atoms with E-state index in [2.05, 4.69) is 9.47 Å². The van der Waals surface area contributed by atoms with Gasteiger partial charge in [-0.3, -0.25) is 9.59 Å². The van der Waals surface area contributed by atoms with Gasteiger partial charge >= 0.3 is 5.97 Å². The number of carbonyl (C=O) groups is 2. The molecule has 0 saturated carbocycles. The Balaban J connectivity index is 4.23. The molecule has 0 fully saturated rings. The summed E-state index contributed by atoms with van der Waals surface area (Å²) in [5.74, 6) is -0.272. The highest BCUT2D eigenvalue weighted by Crippen LogP contribution is 1.99. The molecule has 4 nitrogen and oxygen atoms in total. The van der Waals surface area contributed by atoms with Gasteiger partial charge in [0.15, 0.2) is 5.76 Å². The maximum absolute atomic E-state index is 10.5. The quantitative estimate of drug-likeness (QED) is 0.206. The Kier molecular flexibility index (Phi) is 5.34. The van der Waals surface area contributed by atoms with E-state index in [0.717, 1.165) is 0 Å². The summed E-state index contributed by atoms with van der Waals surface area (Å²) in [6.45, 7) is 1.26. The van der Waals surface area contributed by atoms with Crippen molar-refractivity contribution in [3.8, 4) is 0 Å². The summed E-state index contributed by atoms with van der Waals surface area (Å²) in [7, 11) is 1.41. The lowest BCUT2D eigenvalue weighted by molar-refractivity contribution is -0.136. The van der Waals surface area contributed by atoms with E-state index in [1.807, 2.05) is 0 Å². The molecule has 0 atom stereocenters. The Morgan fingerprint density at radius 1 is 1.42 bits per heavy atom. The number of esters is 1. The van der Waals surface area contributed by atoms with E-state index in [9.17, 15) is 9.59 Å². The van der Waals surface area contributed by atoms with Crippen molar-refractivity contribution < 1.29 is 19.1 Å². The zero-order valence-corrected chi connectivity index (χ0v) is 6.94. The molecule has 0 aromatic carbocycles. The standard InChI is InChI=1S/C8H10O4/c1-7(10)12-8(6-11-2)4-3-5-9/h3-6H,1-2H3/b4-3+,8-6-. The Labute approximate surface area is 70.5 Å². The summed E-state index contributed by atoms with van der Waals surface area (Å²) in [5.41, 5.74) is 0. The Morgan fingerprint density at radius 3 is 2.50 bits per heavy atom. The maximum atomic E-state index is 10.5. The SMILES string of the molecule is CO/C=C(/C=C/C=O)OC(C)=O. The second-order valence-corrected chi connectivity index (χ2v) is 1.84. The molecule has 12 heavy (non-hydrogen) atoms. The molecule has 0 unspecified atom stereocenters. The monoisotopic (exact) mass is 170 g/mol. The van der Waals surface area contributed by atoms with Gasteiger partial charge in [0.2, 0.25) is 0 Å². The smallest absolute Gasteiger partial charge is 0.308 e. The van der Waals surface area contributed by atoms with Crippen LogP contribution in [0.15, 0.2) is 24.2 Å². The fourth-order valence-corrected chi connectivity index (χ4v) is 0.514. The minimum Gasteiger partial charge on any atom is -0.500 e. The molecule has 0 N–H and O–H groups in total. The molecule has 0 radical (unpaired) electrons. The highest BCUT2D eigenvalue weighted by molar-refractivity contribution is 5.69. The third kappa shape index (κ3) is 5.22.